The van der Waals surface area contributed by atoms with E-state index in [0.29, 0.717) is 12.0 Å². The first kappa shape index (κ1) is 12.5. The Kier molecular flexibility index (Phi) is 3.01. The van der Waals surface area contributed by atoms with Gasteiger partial charge in [0.1, 0.15) is 5.75 Å². The summed E-state index contributed by atoms with van der Waals surface area (Å²) in [5.41, 5.74) is 1.73. The highest BCUT2D eigenvalue weighted by Crippen LogP contribution is 2.57. The van der Waals surface area contributed by atoms with Gasteiger partial charge in [0, 0.05) is 0 Å². The molecule has 19 heavy (non-hydrogen) atoms. The van der Waals surface area contributed by atoms with E-state index in [2.05, 4.69) is 24.3 Å². The molecule has 0 aromatic heterocycles. The highest BCUT2D eigenvalue weighted by atomic mass is 16.5. The third-order valence-corrected chi connectivity index (χ3v) is 5.24. The second kappa shape index (κ2) is 4.56. The summed E-state index contributed by atoms with van der Waals surface area (Å²) in [6.07, 6.45) is 6.70. The zero-order chi connectivity index (χ0) is 13.3. The maximum Gasteiger partial charge on any atom is 0.119 e. The van der Waals surface area contributed by atoms with Crippen LogP contribution in [0, 0.1) is 16.7 Å². The van der Waals surface area contributed by atoms with Gasteiger partial charge in [0.2, 0.25) is 0 Å². The molecule has 3 aliphatic rings. The van der Waals surface area contributed by atoms with Gasteiger partial charge in [0.05, 0.1) is 18.1 Å². The molecular weight excluding hydrogens is 234 g/mol. The molecule has 0 N–H and O–H groups in total. The quantitative estimate of drug-likeness (QED) is 0.811. The van der Waals surface area contributed by atoms with Crippen molar-refractivity contribution >= 4 is 0 Å². The van der Waals surface area contributed by atoms with E-state index < -0.39 is 0 Å². The van der Waals surface area contributed by atoms with Gasteiger partial charge in [-0.3, -0.25) is 0 Å². The van der Waals surface area contributed by atoms with E-state index in [1.165, 1.54) is 5.56 Å². The molecule has 0 radical (unpaired) electrons. The van der Waals surface area contributed by atoms with E-state index >= 15 is 0 Å². The molecule has 1 aromatic carbocycles. The van der Waals surface area contributed by atoms with Gasteiger partial charge in [-0.1, -0.05) is 12.1 Å². The first-order valence-electron chi connectivity index (χ1n) is 7.37. The smallest absolute Gasteiger partial charge is 0.119 e. The first-order chi connectivity index (χ1) is 9.22. The normalized spacial score (nSPS) is 32.8. The third-order valence-electron chi connectivity index (χ3n) is 5.24. The average Bonchev–Trinajstić information content (AvgIpc) is 2.50. The summed E-state index contributed by atoms with van der Waals surface area (Å²) in [6.45, 7) is 2.74. The monoisotopic (exact) mass is 255 g/mol. The predicted molar refractivity (Wildman–Crippen MR) is 75.0 cm³/mol. The lowest BCUT2D eigenvalue weighted by atomic mass is 9.52. The van der Waals surface area contributed by atoms with Gasteiger partial charge >= 0.3 is 0 Å². The highest BCUT2D eigenvalue weighted by Gasteiger charge is 2.49. The number of nitrogens with zero attached hydrogens (tertiary/aromatic N) is 1. The largest absolute Gasteiger partial charge is 0.494 e. The summed E-state index contributed by atoms with van der Waals surface area (Å²) >= 11 is 0. The Morgan fingerprint density at radius 2 is 1.84 bits per heavy atom. The molecule has 0 aliphatic heterocycles. The van der Waals surface area contributed by atoms with E-state index in [1.54, 1.807) is 0 Å². The minimum absolute atomic E-state index is 0.000715. The lowest BCUT2D eigenvalue weighted by molar-refractivity contribution is 0.0847. The molecular formula is C17H21NO. The molecule has 0 spiro atoms. The summed E-state index contributed by atoms with van der Waals surface area (Å²) in [7, 11) is 0. The Balaban J connectivity index is 1.87. The number of nitriles is 1. The van der Waals surface area contributed by atoms with Crippen LogP contribution in [0.15, 0.2) is 24.3 Å². The summed E-state index contributed by atoms with van der Waals surface area (Å²) in [6, 6.07) is 11.2. The van der Waals surface area contributed by atoms with Crippen LogP contribution in [0.1, 0.15) is 51.0 Å². The van der Waals surface area contributed by atoms with E-state index in [4.69, 9.17) is 4.74 Å². The van der Waals surface area contributed by atoms with Crippen LogP contribution in [0.3, 0.4) is 0 Å². The van der Waals surface area contributed by atoms with Gasteiger partial charge in [-0.2, -0.15) is 5.26 Å². The second-order valence-corrected chi connectivity index (χ2v) is 6.13. The first-order valence-corrected chi connectivity index (χ1v) is 7.37. The number of hydrogen-bond acceptors (Lipinski definition) is 2. The van der Waals surface area contributed by atoms with Crippen molar-refractivity contribution in [3.8, 4) is 11.8 Å². The summed E-state index contributed by atoms with van der Waals surface area (Å²) in [5, 5.41) is 9.36. The standard InChI is InChI=1S/C17H21NO/c1-2-19-15-5-3-4-14(12-15)17-9-6-16(13-18,7-10-17)8-11-17/h3-5,12H,2,6-11H2,1H3. The molecule has 4 rings (SSSR count). The third kappa shape index (κ3) is 2.02. The fraction of sp³-hybridized carbons (Fsp3) is 0.588. The Morgan fingerprint density at radius 1 is 1.16 bits per heavy atom. The van der Waals surface area contributed by atoms with Crippen molar-refractivity contribution in [1.82, 2.24) is 0 Å². The SMILES string of the molecule is CCOc1cccc(C23CCC(C#N)(CC2)CC3)c1. The Morgan fingerprint density at radius 3 is 2.42 bits per heavy atom. The maximum atomic E-state index is 9.36. The van der Waals surface area contributed by atoms with E-state index in [-0.39, 0.29) is 5.41 Å². The molecule has 3 aliphatic carbocycles. The minimum Gasteiger partial charge on any atom is -0.494 e. The molecule has 0 amide bonds. The average molecular weight is 255 g/mol. The molecule has 100 valence electrons. The van der Waals surface area contributed by atoms with Crippen LogP contribution < -0.4 is 4.74 Å². The van der Waals surface area contributed by atoms with Crippen LogP contribution in [-0.2, 0) is 5.41 Å². The molecule has 0 saturated heterocycles. The lowest BCUT2D eigenvalue weighted by Gasteiger charge is -2.50. The van der Waals surface area contributed by atoms with Gasteiger partial charge < -0.3 is 4.74 Å². The summed E-state index contributed by atoms with van der Waals surface area (Å²) < 4.78 is 5.63. The molecule has 0 heterocycles. The molecule has 0 atom stereocenters. The van der Waals surface area contributed by atoms with E-state index in [1.807, 2.05) is 13.0 Å². The van der Waals surface area contributed by atoms with Crippen molar-refractivity contribution in [2.24, 2.45) is 5.41 Å². The van der Waals surface area contributed by atoms with Crippen LogP contribution >= 0.6 is 0 Å². The number of ether oxygens (including phenoxy) is 1. The van der Waals surface area contributed by atoms with Gasteiger partial charge in [-0.25, -0.2) is 0 Å². The van der Waals surface area contributed by atoms with Crippen LogP contribution in [-0.4, -0.2) is 6.61 Å². The molecule has 1 aromatic rings. The van der Waals surface area contributed by atoms with E-state index in [9.17, 15) is 5.26 Å². The van der Waals surface area contributed by atoms with Crippen molar-refractivity contribution in [2.45, 2.75) is 50.9 Å². The Bertz CT molecular complexity index is 490. The van der Waals surface area contributed by atoms with Crippen molar-refractivity contribution in [2.75, 3.05) is 6.61 Å². The fourth-order valence-electron chi connectivity index (χ4n) is 3.87. The van der Waals surface area contributed by atoms with Crippen molar-refractivity contribution in [3.63, 3.8) is 0 Å². The minimum atomic E-state index is -0.000715. The van der Waals surface area contributed by atoms with Gasteiger partial charge in [0.15, 0.2) is 0 Å². The number of rotatable bonds is 3. The van der Waals surface area contributed by atoms with Crippen LogP contribution in [0.4, 0.5) is 0 Å². The zero-order valence-electron chi connectivity index (χ0n) is 11.6. The van der Waals surface area contributed by atoms with Crippen molar-refractivity contribution in [3.05, 3.63) is 29.8 Å². The molecule has 0 unspecified atom stereocenters. The fourth-order valence-corrected chi connectivity index (χ4v) is 3.87. The molecule has 2 bridgehead atoms. The maximum absolute atomic E-state index is 9.36. The van der Waals surface area contributed by atoms with Gasteiger partial charge in [-0.15, -0.1) is 0 Å². The number of benzene rings is 1. The van der Waals surface area contributed by atoms with Gasteiger partial charge in [0.25, 0.3) is 0 Å². The number of fused-ring (bicyclic) bond motifs is 3. The zero-order valence-corrected chi connectivity index (χ0v) is 11.6. The molecule has 3 fully saturated rings. The lowest BCUT2D eigenvalue weighted by Crippen LogP contribution is -2.43. The van der Waals surface area contributed by atoms with Crippen LogP contribution in [0.2, 0.25) is 0 Å². The van der Waals surface area contributed by atoms with Crippen molar-refractivity contribution < 1.29 is 4.74 Å². The summed E-state index contributed by atoms with van der Waals surface area (Å²) in [5.74, 6) is 0.983. The predicted octanol–water partition coefficient (Wildman–Crippen LogP) is 4.20. The highest BCUT2D eigenvalue weighted by molar-refractivity contribution is 5.36. The number of hydrogen-bond donors (Lipinski definition) is 0. The van der Waals surface area contributed by atoms with E-state index in [0.717, 1.165) is 44.3 Å². The van der Waals surface area contributed by atoms with Gasteiger partial charge in [-0.05, 0) is 68.6 Å². The molecule has 2 heteroatoms. The Hall–Kier alpha value is -1.49. The topological polar surface area (TPSA) is 33.0 Å². The second-order valence-electron chi connectivity index (χ2n) is 6.13. The van der Waals surface area contributed by atoms with Crippen LogP contribution in [0.25, 0.3) is 0 Å². The Labute approximate surface area is 115 Å². The molecule has 2 nitrogen and oxygen atoms in total. The van der Waals surface area contributed by atoms with Crippen LogP contribution in [0.5, 0.6) is 5.75 Å². The molecule has 3 saturated carbocycles. The van der Waals surface area contributed by atoms with Crippen molar-refractivity contribution in [1.29, 1.82) is 5.26 Å². The summed E-state index contributed by atoms with van der Waals surface area (Å²) in [4.78, 5) is 0.